The van der Waals surface area contributed by atoms with Crippen molar-refractivity contribution in [3.63, 3.8) is 0 Å². The maximum atomic E-state index is 13.5. The molecule has 1 amide bonds. The number of ether oxygens (including phenoxy) is 1. The van der Waals surface area contributed by atoms with Gasteiger partial charge in [0.1, 0.15) is 11.8 Å². The van der Waals surface area contributed by atoms with Crippen molar-refractivity contribution >= 4 is 27.5 Å². The summed E-state index contributed by atoms with van der Waals surface area (Å²) in [7, 11) is -1.77. The van der Waals surface area contributed by atoms with E-state index < -0.39 is 10.2 Å². The zero-order chi connectivity index (χ0) is 28.6. The Morgan fingerprint density at radius 3 is 2.73 bits per heavy atom. The molecule has 3 aliphatic heterocycles. The topological polar surface area (TPSA) is 116 Å². The van der Waals surface area contributed by atoms with E-state index in [4.69, 9.17) is 4.74 Å². The second-order valence-corrected chi connectivity index (χ2v) is 13.7. The molecule has 0 aromatic heterocycles. The molecule has 2 saturated heterocycles. The van der Waals surface area contributed by atoms with Crippen molar-refractivity contribution in [2.75, 3.05) is 63.0 Å². The number of likely N-dealkylation sites (N-methyl/N-ethyl adjacent to an activating group) is 1. The third-order valence-corrected chi connectivity index (χ3v) is 10.7. The first-order valence-electron chi connectivity index (χ1n) is 14.9. The van der Waals surface area contributed by atoms with Gasteiger partial charge in [0.15, 0.2) is 0 Å². The number of amides is 1. The van der Waals surface area contributed by atoms with Gasteiger partial charge in [-0.05, 0) is 56.1 Å². The van der Waals surface area contributed by atoms with Gasteiger partial charge in [0.25, 0.3) is 0 Å². The largest absolute Gasteiger partial charge is 0.479 e. The number of benzene rings is 2. The van der Waals surface area contributed by atoms with E-state index in [0.717, 1.165) is 66.9 Å². The van der Waals surface area contributed by atoms with Crippen LogP contribution in [0.25, 0.3) is 0 Å². The maximum Gasteiger partial charge on any atom is 0.350 e. The average molecular weight is 585 g/mol. The number of carbonyl (C=O) groups is 1. The highest BCUT2D eigenvalue weighted by Gasteiger charge is 2.44. The Morgan fingerprint density at radius 1 is 1.15 bits per heavy atom. The Labute approximate surface area is 242 Å². The molecule has 2 aromatic rings. The van der Waals surface area contributed by atoms with Crippen molar-refractivity contribution in [1.82, 2.24) is 9.21 Å². The molecule has 11 heteroatoms. The summed E-state index contributed by atoms with van der Waals surface area (Å²) >= 11 is 0. The highest BCUT2D eigenvalue weighted by molar-refractivity contribution is 7.90. The highest BCUT2D eigenvalue weighted by atomic mass is 32.2. The summed E-state index contributed by atoms with van der Waals surface area (Å²) in [5, 5.41) is 13.4. The van der Waals surface area contributed by atoms with Gasteiger partial charge in [-0.25, -0.2) is 4.79 Å². The van der Waals surface area contributed by atoms with E-state index in [1.807, 2.05) is 37.4 Å². The molecule has 5 atom stereocenters. The number of nitrogens with one attached hydrogen (secondary N) is 3. The second kappa shape index (κ2) is 11.9. The van der Waals surface area contributed by atoms with Crippen LogP contribution in [0.2, 0.25) is 0 Å². The minimum Gasteiger partial charge on any atom is -0.479 e. The SMILES string of the molecule is C[NH+](C(=O)COc1ccc(NS(=O)(=O)N2CCC3C[C@@H]3C2)c2c1CCCN2)C(CN1CC[C@H](O)C1)c1ccccc1. The molecule has 4 aliphatic rings. The van der Waals surface area contributed by atoms with Crippen molar-refractivity contribution < 1.29 is 28.0 Å². The predicted octanol–water partition coefficient (Wildman–Crippen LogP) is 1.27. The molecule has 222 valence electrons. The molecule has 4 N–H and O–H groups in total. The Hall–Kier alpha value is -2.70. The molecular weight excluding hydrogens is 542 g/mol. The van der Waals surface area contributed by atoms with Crippen LogP contribution in [0.1, 0.15) is 42.9 Å². The fourth-order valence-electron chi connectivity index (χ4n) is 6.61. The van der Waals surface area contributed by atoms with Crippen LogP contribution >= 0.6 is 0 Å². The first kappa shape index (κ1) is 28.4. The van der Waals surface area contributed by atoms with E-state index in [1.54, 1.807) is 16.4 Å². The molecule has 1 aliphatic carbocycles. The van der Waals surface area contributed by atoms with E-state index >= 15 is 0 Å². The summed E-state index contributed by atoms with van der Waals surface area (Å²) in [5.74, 6) is 1.75. The van der Waals surface area contributed by atoms with Gasteiger partial charge in [0.2, 0.25) is 6.61 Å². The van der Waals surface area contributed by atoms with Crippen molar-refractivity contribution in [2.45, 2.75) is 44.2 Å². The summed E-state index contributed by atoms with van der Waals surface area (Å²) < 4.78 is 36.9. The lowest BCUT2D eigenvalue weighted by molar-refractivity contribution is -0.833. The van der Waals surface area contributed by atoms with E-state index in [0.29, 0.717) is 49.5 Å². The summed E-state index contributed by atoms with van der Waals surface area (Å²) in [4.78, 5) is 16.4. The Balaban J connectivity index is 1.14. The van der Waals surface area contributed by atoms with Crippen LogP contribution in [0.4, 0.5) is 11.4 Å². The number of fused-ring (bicyclic) bond motifs is 2. The van der Waals surface area contributed by atoms with E-state index in [9.17, 15) is 18.3 Å². The summed E-state index contributed by atoms with van der Waals surface area (Å²) in [6.45, 7) is 3.92. The minimum absolute atomic E-state index is 0.0654. The standard InChI is InChI=1S/C30H41N5O5S/c1-33(27(21-6-3-2-4-7-21)19-34-14-12-24(36)18-34)29(37)20-40-28-10-9-26(30-25(28)8-5-13-31-30)32-41(38,39)35-15-11-22-16-23(22)17-35/h2-4,6-7,9-10,22-24,27,31-32,36H,5,8,11-20H2,1H3/p+1/t22?,23-,24+,27?/m1/s1. The first-order valence-corrected chi connectivity index (χ1v) is 16.3. The zero-order valence-electron chi connectivity index (χ0n) is 23.7. The normalized spacial score (nSPS) is 25.9. The molecule has 0 radical (unpaired) electrons. The molecule has 3 fully saturated rings. The van der Waals surface area contributed by atoms with Crippen LogP contribution in [0.3, 0.4) is 0 Å². The third kappa shape index (κ3) is 6.39. The van der Waals surface area contributed by atoms with Crippen LogP contribution in [-0.2, 0) is 21.4 Å². The number of piperidine rings is 1. The molecule has 3 heterocycles. The van der Waals surface area contributed by atoms with Crippen LogP contribution < -0.4 is 19.7 Å². The molecule has 10 nitrogen and oxygen atoms in total. The van der Waals surface area contributed by atoms with Crippen LogP contribution in [-0.4, -0.2) is 87.7 Å². The van der Waals surface area contributed by atoms with Crippen LogP contribution in [0.5, 0.6) is 5.75 Å². The van der Waals surface area contributed by atoms with E-state index in [2.05, 4.69) is 14.9 Å². The lowest BCUT2D eigenvalue weighted by Gasteiger charge is -2.29. The number of aliphatic hydroxyl groups is 1. The summed E-state index contributed by atoms with van der Waals surface area (Å²) in [5.41, 5.74) is 3.23. The fourth-order valence-corrected chi connectivity index (χ4v) is 7.93. The number of likely N-dealkylation sites (tertiary alicyclic amines) is 1. The molecular formula is C30H42N5O5S+. The first-order chi connectivity index (χ1) is 19.8. The van der Waals surface area contributed by atoms with Gasteiger partial charge < -0.3 is 15.2 Å². The fraction of sp³-hybridized carbons (Fsp3) is 0.567. The van der Waals surface area contributed by atoms with Gasteiger partial charge in [-0.15, -0.1) is 0 Å². The number of β-amino-alcohol motifs (C(OH)–C–C–N with tert-alkyl or cyclic N) is 1. The third-order valence-electron chi connectivity index (χ3n) is 9.22. The highest BCUT2D eigenvalue weighted by Crippen LogP contribution is 2.45. The Morgan fingerprint density at radius 2 is 1.98 bits per heavy atom. The number of carbonyl (C=O) groups excluding carboxylic acids is 1. The lowest BCUT2D eigenvalue weighted by Crippen LogP contribution is -3.13. The zero-order valence-corrected chi connectivity index (χ0v) is 24.5. The van der Waals surface area contributed by atoms with E-state index in [1.165, 1.54) is 0 Å². The molecule has 0 spiro atoms. The summed E-state index contributed by atoms with van der Waals surface area (Å²) in [6, 6.07) is 13.4. The van der Waals surface area contributed by atoms with Crippen molar-refractivity contribution in [3.05, 3.63) is 53.6 Å². The van der Waals surface area contributed by atoms with Crippen molar-refractivity contribution in [1.29, 1.82) is 0 Å². The monoisotopic (exact) mass is 584 g/mol. The molecule has 0 bridgehead atoms. The number of nitrogens with zero attached hydrogens (tertiary/aromatic N) is 2. The van der Waals surface area contributed by atoms with Crippen molar-refractivity contribution in [3.8, 4) is 5.75 Å². The van der Waals surface area contributed by atoms with E-state index in [-0.39, 0.29) is 24.7 Å². The predicted molar refractivity (Wildman–Crippen MR) is 157 cm³/mol. The van der Waals surface area contributed by atoms with Crippen LogP contribution in [0, 0.1) is 11.8 Å². The molecule has 41 heavy (non-hydrogen) atoms. The number of quaternary nitrogens is 1. The average Bonchev–Trinajstić information content (AvgIpc) is 3.66. The molecule has 1 saturated carbocycles. The number of rotatable bonds is 10. The van der Waals surface area contributed by atoms with Gasteiger partial charge in [-0.2, -0.15) is 12.7 Å². The number of hydrogen-bond donors (Lipinski definition) is 4. The number of anilines is 2. The number of hydrogen-bond acceptors (Lipinski definition) is 7. The van der Waals surface area contributed by atoms with Gasteiger partial charge >= 0.3 is 16.1 Å². The maximum absolute atomic E-state index is 13.5. The minimum atomic E-state index is -3.65. The van der Waals surface area contributed by atoms with Gasteiger partial charge in [0.05, 0.1) is 31.1 Å². The van der Waals surface area contributed by atoms with Gasteiger partial charge in [-0.3, -0.25) is 14.5 Å². The molecule has 2 aromatic carbocycles. The smallest absolute Gasteiger partial charge is 0.350 e. The second-order valence-electron chi connectivity index (χ2n) is 12.1. The number of aliphatic hydroxyl groups excluding tert-OH is 1. The summed E-state index contributed by atoms with van der Waals surface area (Å²) in [6.07, 6.45) is 4.14. The molecule has 3 unspecified atom stereocenters. The van der Waals surface area contributed by atoms with Crippen LogP contribution in [0.15, 0.2) is 42.5 Å². The lowest BCUT2D eigenvalue weighted by atomic mass is 10.0. The Kier molecular flexibility index (Phi) is 8.24. The van der Waals surface area contributed by atoms with Gasteiger partial charge in [0, 0.05) is 43.9 Å². The molecule has 6 rings (SSSR count). The Bertz CT molecular complexity index is 1360. The van der Waals surface area contributed by atoms with Gasteiger partial charge in [-0.1, -0.05) is 30.3 Å². The van der Waals surface area contributed by atoms with Crippen molar-refractivity contribution in [2.24, 2.45) is 11.8 Å². The quantitative estimate of drug-likeness (QED) is 0.333.